The van der Waals surface area contributed by atoms with E-state index in [0.29, 0.717) is 11.5 Å². The maximum absolute atomic E-state index is 13.5. The fraction of sp³-hybridized carbons (Fsp3) is 0.143. The first-order valence-corrected chi connectivity index (χ1v) is 5.92. The smallest absolute Gasteiger partial charge is 0.134 e. The van der Waals surface area contributed by atoms with E-state index in [9.17, 15) is 8.78 Å². The average Bonchev–Trinajstić information content (AvgIpc) is 2.34. The maximum atomic E-state index is 13.5. The Hall–Kier alpha value is -1.61. The fourth-order valence-corrected chi connectivity index (χ4v) is 1.83. The van der Waals surface area contributed by atoms with Gasteiger partial charge in [-0.2, -0.15) is 0 Å². The first-order valence-electron chi connectivity index (χ1n) is 5.39. The van der Waals surface area contributed by atoms with Crippen molar-refractivity contribution in [3.63, 3.8) is 0 Å². The van der Waals surface area contributed by atoms with Gasteiger partial charge < -0.3 is 4.74 Å². The number of rotatable bonds is 3. The van der Waals surface area contributed by atoms with Crippen LogP contribution in [0.3, 0.4) is 0 Å². The molecule has 2 rings (SSSR count). The average molecular weight is 269 g/mol. The Morgan fingerprint density at radius 2 is 1.89 bits per heavy atom. The molecule has 0 radical (unpaired) electrons. The second-order valence-electron chi connectivity index (χ2n) is 3.86. The van der Waals surface area contributed by atoms with Gasteiger partial charge in [-0.3, -0.25) is 0 Å². The third kappa shape index (κ3) is 2.62. The van der Waals surface area contributed by atoms with E-state index < -0.39 is 11.6 Å². The molecule has 0 amide bonds. The molecule has 0 atom stereocenters. The van der Waals surface area contributed by atoms with Gasteiger partial charge >= 0.3 is 0 Å². The van der Waals surface area contributed by atoms with Crippen molar-refractivity contribution in [1.29, 1.82) is 0 Å². The van der Waals surface area contributed by atoms with E-state index >= 15 is 0 Å². The van der Waals surface area contributed by atoms with E-state index in [2.05, 4.69) is 0 Å². The van der Waals surface area contributed by atoms with Gasteiger partial charge in [0.2, 0.25) is 0 Å². The molecular weight excluding hydrogens is 258 g/mol. The summed E-state index contributed by atoms with van der Waals surface area (Å²) in [5.74, 6) is -0.183. The van der Waals surface area contributed by atoms with Crippen LogP contribution in [-0.4, -0.2) is 0 Å². The van der Waals surface area contributed by atoms with Gasteiger partial charge in [0.1, 0.15) is 23.1 Å². The van der Waals surface area contributed by atoms with Crippen LogP contribution < -0.4 is 4.74 Å². The predicted molar refractivity (Wildman–Crippen MR) is 67.2 cm³/mol. The van der Waals surface area contributed by atoms with Gasteiger partial charge in [0, 0.05) is 11.6 Å². The molecule has 0 aliphatic carbocycles. The lowest BCUT2D eigenvalue weighted by molar-refractivity contribution is 0.462. The zero-order valence-corrected chi connectivity index (χ0v) is 10.5. The highest BCUT2D eigenvalue weighted by molar-refractivity contribution is 6.17. The highest BCUT2D eigenvalue weighted by Gasteiger charge is 2.11. The minimum atomic E-state index is -0.434. The van der Waals surface area contributed by atoms with E-state index in [1.165, 1.54) is 24.3 Å². The Morgan fingerprint density at radius 3 is 2.61 bits per heavy atom. The van der Waals surface area contributed by atoms with E-state index in [0.717, 1.165) is 5.56 Å². The molecule has 0 N–H and O–H groups in total. The van der Waals surface area contributed by atoms with Crippen molar-refractivity contribution < 1.29 is 13.5 Å². The van der Waals surface area contributed by atoms with Crippen LogP contribution in [0.2, 0.25) is 0 Å². The number of hydrogen-bond acceptors (Lipinski definition) is 1. The fourth-order valence-electron chi connectivity index (χ4n) is 1.57. The van der Waals surface area contributed by atoms with Gasteiger partial charge in [-0.05, 0) is 30.7 Å². The number of hydrogen-bond donors (Lipinski definition) is 0. The second-order valence-corrected chi connectivity index (χ2v) is 4.13. The quantitative estimate of drug-likeness (QED) is 0.726. The summed E-state index contributed by atoms with van der Waals surface area (Å²) in [7, 11) is 0. The van der Waals surface area contributed by atoms with Crippen LogP contribution >= 0.6 is 11.6 Å². The van der Waals surface area contributed by atoms with Crippen molar-refractivity contribution in [2.45, 2.75) is 12.8 Å². The highest BCUT2D eigenvalue weighted by Crippen LogP contribution is 2.30. The summed E-state index contributed by atoms with van der Waals surface area (Å²) in [5.41, 5.74) is 1.03. The molecule has 0 fully saturated rings. The van der Waals surface area contributed by atoms with Crippen molar-refractivity contribution in [1.82, 2.24) is 0 Å². The van der Waals surface area contributed by atoms with Crippen LogP contribution in [0, 0.1) is 18.6 Å². The molecule has 0 saturated carbocycles. The molecule has 0 unspecified atom stereocenters. The highest BCUT2D eigenvalue weighted by atomic mass is 35.5. The largest absolute Gasteiger partial charge is 0.457 e. The predicted octanol–water partition coefficient (Wildman–Crippen LogP) is 4.80. The second kappa shape index (κ2) is 5.36. The third-order valence-electron chi connectivity index (χ3n) is 2.58. The van der Waals surface area contributed by atoms with Crippen LogP contribution in [0.25, 0.3) is 0 Å². The molecule has 18 heavy (non-hydrogen) atoms. The summed E-state index contributed by atoms with van der Waals surface area (Å²) in [5, 5.41) is 0. The normalized spacial score (nSPS) is 10.4. The molecular formula is C14H11ClF2O. The summed E-state index contributed by atoms with van der Waals surface area (Å²) < 4.78 is 32.2. The zero-order chi connectivity index (χ0) is 13.1. The van der Waals surface area contributed by atoms with E-state index in [-0.39, 0.29) is 11.4 Å². The number of aryl methyl sites for hydroxylation is 1. The van der Waals surface area contributed by atoms with Crippen molar-refractivity contribution in [2.75, 3.05) is 0 Å². The summed E-state index contributed by atoms with van der Waals surface area (Å²) >= 11 is 5.68. The minimum absolute atomic E-state index is 0.00360. The van der Waals surface area contributed by atoms with Crippen molar-refractivity contribution in [3.8, 4) is 11.5 Å². The first-order chi connectivity index (χ1) is 8.61. The summed E-state index contributed by atoms with van der Waals surface area (Å²) in [4.78, 5) is 0. The van der Waals surface area contributed by atoms with E-state index in [4.69, 9.17) is 16.3 Å². The Morgan fingerprint density at radius 1 is 1.11 bits per heavy atom. The van der Waals surface area contributed by atoms with Crippen molar-refractivity contribution >= 4 is 11.6 Å². The van der Waals surface area contributed by atoms with Gasteiger partial charge in [0.25, 0.3) is 0 Å². The lowest BCUT2D eigenvalue weighted by Gasteiger charge is -2.12. The number of benzene rings is 2. The van der Waals surface area contributed by atoms with Gasteiger partial charge in [0.05, 0.1) is 5.88 Å². The SMILES string of the molecule is Cc1ccc(F)cc1Oc1cccc(F)c1CCl. The molecule has 0 aliphatic rings. The molecule has 2 aromatic carbocycles. The topological polar surface area (TPSA) is 9.23 Å². The molecule has 4 heteroatoms. The molecule has 0 heterocycles. The van der Waals surface area contributed by atoms with Crippen LogP contribution in [0.1, 0.15) is 11.1 Å². The Bertz CT molecular complexity index is 570. The molecule has 0 spiro atoms. The van der Waals surface area contributed by atoms with Gasteiger partial charge in [0.15, 0.2) is 0 Å². The number of halogens is 3. The van der Waals surface area contributed by atoms with Gasteiger partial charge in [-0.1, -0.05) is 12.1 Å². The van der Waals surface area contributed by atoms with E-state index in [1.54, 1.807) is 19.1 Å². The van der Waals surface area contributed by atoms with E-state index in [1.807, 2.05) is 0 Å². The molecule has 2 aromatic rings. The van der Waals surface area contributed by atoms with Crippen LogP contribution in [0.15, 0.2) is 36.4 Å². The minimum Gasteiger partial charge on any atom is -0.457 e. The first kappa shape index (κ1) is 12.8. The lowest BCUT2D eigenvalue weighted by Crippen LogP contribution is -1.95. The Labute approximate surface area is 109 Å². The lowest BCUT2D eigenvalue weighted by atomic mass is 10.2. The summed E-state index contributed by atoms with van der Waals surface area (Å²) in [6.07, 6.45) is 0. The summed E-state index contributed by atoms with van der Waals surface area (Å²) in [6.45, 7) is 1.79. The molecule has 0 bridgehead atoms. The molecule has 0 saturated heterocycles. The van der Waals surface area contributed by atoms with Gasteiger partial charge in [-0.15, -0.1) is 11.6 Å². The Kier molecular flexibility index (Phi) is 3.82. The molecule has 94 valence electrons. The Balaban J connectivity index is 2.40. The van der Waals surface area contributed by atoms with Crippen molar-refractivity contribution in [3.05, 3.63) is 59.2 Å². The van der Waals surface area contributed by atoms with Crippen LogP contribution in [-0.2, 0) is 5.88 Å². The van der Waals surface area contributed by atoms with Crippen molar-refractivity contribution in [2.24, 2.45) is 0 Å². The monoisotopic (exact) mass is 268 g/mol. The molecule has 0 aromatic heterocycles. The van der Waals surface area contributed by atoms with Crippen LogP contribution in [0.5, 0.6) is 11.5 Å². The van der Waals surface area contributed by atoms with Crippen LogP contribution in [0.4, 0.5) is 8.78 Å². The van der Waals surface area contributed by atoms with Gasteiger partial charge in [-0.25, -0.2) is 8.78 Å². The zero-order valence-electron chi connectivity index (χ0n) is 9.71. The number of ether oxygens (including phenoxy) is 1. The summed E-state index contributed by atoms with van der Waals surface area (Å²) in [6, 6.07) is 8.64. The molecule has 1 nitrogen and oxygen atoms in total. The number of alkyl halides is 1. The third-order valence-corrected chi connectivity index (χ3v) is 2.85. The molecule has 0 aliphatic heterocycles. The standard InChI is InChI=1S/C14H11ClF2O/c1-9-5-6-10(16)7-14(9)18-13-4-2-3-12(17)11(13)8-15/h2-7H,8H2,1H3. The maximum Gasteiger partial charge on any atom is 0.134 e.